The highest BCUT2D eigenvalue weighted by Gasteiger charge is 2.38. The Morgan fingerprint density at radius 2 is 2.12 bits per heavy atom. The summed E-state index contributed by atoms with van der Waals surface area (Å²) >= 11 is 0. The molecule has 0 amide bonds. The number of allylic oxidation sites excluding steroid dienone is 2. The fourth-order valence-corrected chi connectivity index (χ4v) is 2.47. The van der Waals surface area contributed by atoms with Crippen molar-refractivity contribution in [3.05, 3.63) is 41.1 Å². The van der Waals surface area contributed by atoms with Gasteiger partial charge in [-0.25, -0.2) is 0 Å². The van der Waals surface area contributed by atoms with Crippen molar-refractivity contribution in [2.75, 3.05) is 11.9 Å². The Morgan fingerprint density at radius 3 is 2.71 bits per heavy atom. The van der Waals surface area contributed by atoms with Crippen molar-refractivity contribution in [1.29, 1.82) is 5.26 Å². The smallest absolute Gasteiger partial charge is 0.144 e. The van der Waals surface area contributed by atoms with Crippen molar-refractivity contribution in [2.45, 2.75) is 19.3 Å². The van der Waals surface area contributed by atoms with Gasteiger partial charge in [0.05, 0.1) is 11.6 Å². The van der Waals surface area contributed by atoms with E-state index in [-0.39, 0.29) is 5.41 Å². The minimum Gasteiger partial charge on any atom is -0.347 e. The molecule has 0 aliphatic carbocycles. The lowest BCUT2D eigenvalue weighted by Gasteiger charge is -2.23. The molecule has 0 aromatic heterocycles. The molecule has 3 nitrogen and oxygen atoms in total. The average molecular weight is 226 g/mol. The summed E-state index contributed by atoms with van der Waals surface area (Å²) < 4.78 is 0. The van der Waals surface area contributed by atoms with Crippen LogP contribution in [-0.4, -0.2) is 13.3 Å². The molecule has 2 rings (SSSR count). The van der Waals surface area contributed by atoms with Gasteiger partial charge < -0.3 is 4.90 Å². The van der Waals surface area contributed by atoms with E-state index in [9.17, 15) is 4.79 Å². The quantitative estimate of drug-likeness (QED) is 0.545. The Bertz CT molecular complexity index is 550. The number of carbonyl (C=O) groups is 1. The van der Waals surface area contributed by atoms with Crippen molar-refractivity contribution in [2.24, 2.45) is 0 Å². The third kappa shape index (κ3) is 1.53. The lowest BCUT2D eigenvalue weighted by Crippen LogP contribution is -2.23. The van der Waals surface area contributed by atoms with Crippen LogP contribution in [0.15, 0.2) is 30.0 Å². The predicted octanol–water partition coefficient (Wildman–Crippen LogP) is 2.37. The van der Waals surface area contributed by atoms with Crippen LogP contribution in [0.5, 0.6) is 0 Å². The van der Waals surface area contributed by atoms with Crippen molar-refractivity contribution in [3.63, 3.8) is 0 Å². The Hall–Kier alpha value is -2.08. The Kier molecular flexibility index (Phi) is 2.51. The van der Waals surface area contributed by atoms with Crippen molar-refractivity contribution in [3.8, 4) is 6.07 Å². The number of carbonyl (C=O) groups excluding carboxylic acids is 1. The van der Waals surface area contributed by atoms with Gasteiger partial charge in [-0.15, -0.1) is 0 Å². The minimum absolute atomic E-state index is 0.238. The monoisotopic (exact) mass is 226 g/mol. The summed E-state index contributed by atoms with van der Waals surface area (Å²) in [5, 5.41) is 8.94. The van der Waals surface area contributed by atoms with Gasteiger partial charge in [0.1, 0.15) is 6.29 Å². The SMILES string of the molecule is CN1/C(=C\C=O)C(C)(C)c2cc(C#N)ccc21. The maximum absolute atomic E-state index is 10.7. The van der Waals surface area contributed by atoms with E-state index in [4.69, 9.17) is 5.26 Å². The largest absolute Gasteiger partial charge is 0.347 e. The van der Waals surface area contributed by atoms with E-state index < -0.39 is 0 Å². The zero-order valence-electron chi connectivity index (χ0n) is 10.2. The van der Waals surface area contributed by atoms with Crippen LogP contribution in [0.2, 0.25) is 0 Å². The average Bonchev–Trinajstić information content (AvgIpc) is 2.51. The summed E-state index contributed by atoms with van der Waals surface area (Å²) in [5.74, 6) is 0. The zero-order valence-corrected chi connectivity index (χ0v) is 10.2. The van der Waals surface area contributed by atoms with Gasteiger partial charge in [-0.2, -0.15) is 5.26 Å². The molecule has 0 unspecified atom stereocenters. The molecule has 1 aromatic carbocycles. The highest BCUT2D eigenvalue weighted by Crippen LogP contribution is 2.46. The van der Waals surface area contributed by atoms with Gasteiger partial charge in [0.2, 0.25) is 0 Å². The number of rotatable bonds is 1. The lowest BCUT2D eigenvalue weighted by molar-refractivity contribution is -0.104. The van der Waals surface area contributed by atoms with Gasteiger partial charge in [0.15, 0.2) is 0 Å². The summed E-state index contributed by atoms with van der Waals surface area (Å²) in [6.07, 6.45) is 2.40. The standard InChI is InChI=1S/C14H14N2O/c1-14(2)11-8-10(9-15)4-5-12(11)16(3)13(14)6-7-17/h4-8H,1-3H3/b13-6-. The molecule has 1 aromatic rings. The second-order valence-corrected chi connectivity index (χ2v) is 4.72. The molecule has 0 radical (unpaired) electrons. The molecule has 0 saturated carbocycles. The molecule has 1 heterocycles. The summed E-state index contributed by atoms with van der Waals surface area (Å²) in [6.45, 7) is 4.12. The molecule has 1 aliphatic rings. The first-order chi connectivity index (χ1) is 8.02. The molecular formula is C14H14N2O. The molecule has 3 heteroatoms. The molecular weight excluding hydrogens is 212 g/mol. The first-order valence-electron chi connectivity index (χ1n) is 5.46. The first-order valence-corrected chi connectivity index (χ1v) is 5.46. The van der Waals surface area contributed by atoms with Crippen LogP contribution >= 0.6 is 0 Å². The Morgan fingerprint density at radius 1 is 1.41 bits per heavy atom. The number of hydrogen-bond donors (Lipinski definition) is 0. The number of aldehydes is 1. The van der Waals surface area contributed by atoms with Gasteiger partial charge >= 0.3 is 0 Å². The predicted molar refractivity (Wildman–Crippen MR) is 66.7 cm³/mol. The molecule has 0 bridgehead atoms. The highest BCUT2D eigenvalue weighted by molar-refractivity contribution is 5.77. The van der Waals surface area contributed by atoms with E-state index in [0.29, 0.717) is 5.56 Å². The van der Waals surface area contributed by atoms with Crippen LogP contribution in [-0.2, 0) is 10.2 Å². The van der Waals surface area contributed by atoms with Gasteiger partial charge in [0, 0.05) is 23.8 Å². The van der Waals surface area contributed by atoms with Crippen LogP contribution < -0.4 is 4.90 Å². The molecule has 0 fully saturated rings. The fourth-order valence-electron chi connectivity index (χ4n) is 2.47. The number of fused-ring (bicyclic) bond motifs is 1. The number of nitriles is 1. The maximum Gasteiger partial charge on any atom is 0.144 e. The van der Waals surface area contributed by atoms with Crippen LogP contribution in [0.3, 0.4) is 0 Å². The van der Waals surface area contributed by atoms with Crippen LogP contribution in [0.1, 0.15) is 25.0 Å². The summed E-state index contributed by atoms with van der Waals surface area (Å²) in [6, 6.07) is 7.78. The summed E-state index contributed by atoms with van der Waals surface area (Å²) in [4.78, 5) is 12.7. The Labute approximate surface area is 101 Å². The van der Waals surface area contributed by atoms with E-state index in [1.54, 1.807) is 12.1 Å². The topological polar surface area (TPSA) is 44.1 Å². The number of benzene rings is 1. The van der Waals surface area contributed by atoms with Crippen LogP contribution in [0, 0.1) is 11.3 Å². The van der Waals surface area contributed by atoms with E-state index >= 15 is 0 Å². The van der Waals surface area contributed by atoms with Gasteiger partial charge in [-0.05, 0) is 29.8 Å². The van der Waals surface area contributed by atoms with Gasteiger partial charge in [-0.3, -0.25) is 4.79 Å². The third-order valence-corrected chi connectivity index (χ3v) is 3.39. The van der Waals surface area contributed by atoms with E-state index in [0.717, 1.165) is 23.2 Å². The molecule has 1 aliphatic heterocycles. The molecule has 0 atom stereocenters. The van der Waals surface area contributed by atoms with Gasteiger partial charge in [0.25, 0.3) is 0 Å². The van der Waals surface area contributed by atoms with Crippen LogP contribution in [0.25, 0.3) is 0 Å². The zero-order chi connectivity index (χ0) is 12.6. The second kappa shape index (κ2) is 3.74. The molecule has 0 saturated heterocycles. The Balaban J connectivity index is 2.67. The normalized spacial score (nSPS) is 18.9. The van der Waals surface area contributed by atoms with Crippen molar-refractivity contribution < 1.29 is 4.79 Å². The number of anilines is 1. The minimum atomic E-state index is -0.238. The van der Waals surface area contributed by atoms with Crippen LogP contribution in [0.4, 0.5) is 5.69 Å². The number of likely N-dealkylation sites (N-methyl/N-ethyl adjacent to an activating group) is 1. The second-order valence-electron chi connectivity index (χ2n) is 4.72. The first kappa shape index (κ1) is 11.4. The number of nitrogens with zero attached hydrogens (tertiary/aromatic N) is 2. The maximum atomic E-state index is 10.7. The lowest BCUT2D eigenvalue weighted by atomic mass is 9.83. The molecule has 86 valence electrons. The molecule has 0 N–H and O–H groups in total. The number of hydrogen-bond acceptors (Lipinski definition) is 3. The highest BCUT2D eigenvalue weighted by atomic mass is 16.1. The summed E-state index contributed by atoms with van der Waals surface area (Å²) in [7, 11) is 1.94. The third-order valence-electron chi connectivity index (χ3n) is 3.39. The molecule has 0 spiro atoms. The van der Waals surface area contributed by atoms with E-state index in [2.05, 4.69) is 19.9 Å². The summed E-state index contributed by atoms with van der Waals surface area (Å²) in [5.41, 5.74) is 3.52. The van der Waals surface area contributed by atoms with Crippen molar-refractivity contribution >= 4 is 12.0 Å². The van der Waals surface area contributed by atoms with E-state index in [1.807, 2.05) is 24.1 Å². The molecule has 17 heavy (non-hydrogen) atoms. The van der Waals surface area contributed by atoms with Gasteiger partial charge in [-0.1, -0.05) is 13.8 Å². The fraction of sp³-hybridized carbons (Fsp3) is 0.286. The van der Waals surface area contributed by atoms with E-state index in [1.165, 1.54) is 0 Å². The van der Waals surface area contributed by atoms with Crippen molar-refractivity contribution in [1.82, 2.24) is 0 Å².